The number of imide groups is 1. The molecule has 0 aromatic heterocycles. The molecule has 100 valence electrons. The maximum atomic E-state index is 12.0. The summed E-state index contributed by atoms with van der Waals surface area (Å²) >= 11 is 0. The molecule has 1 aromatic carbocycles. The Morgan fingerprint density at radius 3 is 1.95 bits per heavy atom. The second kappa shape index (κ2) is 4.84. The molecule has 1 unspecified atom stereocenters. The Morgan fingerprint density at radius 2 is 1.53 bits per heavy atom. The van der Waals surface area contributed by atoms with E-state index in [2.05, 4.69) is 5.43 Å². The van der Waals surface area contributed by atoms with Gasteiger partial charge in [0.25, 0.3) is 11.8 Å². The van der Waals surface area contributed by atoms with Crippen LogP contribution in [0.2, 0.25) is 0 Å². The molecule has 1 aromatic rings. The Morgan fingerprint density at radius 1 is 1.05 bits per heavy atom. The molecule has 19 heavy (non-hydrogen) atoms. The van der Waals surface area contributed by atoms with E-state index in [1.54, 1.807) is 31.2 Å². The van der Waals surface area contributed by atoms with Crippen LogP contribution >= 0.6 is 0 Å². The molecule has 1 N–H and O–H groups in total. The van der Waals surface area contributed by atoms with E-state index in [0.717, 1.165) is 5.01 Å². The lowest BCUT2D eigenvalue weighted by Gasteiger charge is -2.20. The van der Waals surface area contributed by atoms with Gasteiger partial charge in [0.05, 0.1) is 11.1 Å². The largest absolute Gasteiger partial charge is 0.280 e. The van der Waals surface area contributed by atoms with Gasteiger partial charge in [0.2, 0.25) is 5.91 Å². The van der Waals surface area contributed by atoms with Crippen molar-refractivity contribution in [3.63, 3.8) is 0 Å². The highest BCUT2D eigenvalue weighted by Gasteiger charge is 2.37. The van der Waals surface area contributed by atoms with E-state index in [9.17, 15) is 14.4 Å². The van der Waals surface area contributed by atoms with Gasteiger partial charge in [-0.3, -0.25) is 19.8 Å². The maximum Gasteiger partial charge on any atom is 0.280 e. The number of rotatable bonds is 3. The molecule has 0 radical (unpaired) electrons. The first-order valence-electron chi connectivity index (χ1n) is 6.21. The highest BCUT2D eigenvalue weighted by atomic mass is 16.2. The topological polar surface area (TPSA) is 66.5 Å². The molecule has 2 rings (SSSR count). The van der Waals surface area contributed by atoms with Crippen LogP contribution in [-0.2, 0) is 4.79 Å². The smallest absolute Gasteiger partial charge is 0.273 e. The molecule has 0 bridgehead atoms. The van der Waals surface area contributed by atoms with Gasteiger partial charge in [-0.05, 0) is 18.1 Å². The van der Waals surface area contributed by atoms with Gasteiger partial charge in [0, 0.05) is 5.92 Å². The van der Waals surface area contributed by atoms with Crippen LogP contribution in [0.4, 0.5) is 0 Å². The highest BCUT2D eigenvalue weighted by molar-refractivity contribution is 6.21. The average molecular weight is 260 g/mol. The number of hydrogen-bond donors (Lipinski definition) is 1. The number of carbonyl (C=O) groups excluding carboxylic acids is 3. The summed E-state index contributed by atoms with van der Waals surface area (Å²) in [7, 11) is 0. The first-order valence-corrected chi connectivity index (χ1v) is 6.21. The fourth-order valence-electron chi connectivity index (χ4n) is 1.81. The lowest BCUT2D eigenvalue weighted by molar-refractivity contribution is -0.128. The molecule has 3 amide bonds. The molecule has 1 aliphatic rings. The van der Waals surface area contributed by atoms with Crippen LogP contribution in [0.3, 0.4) is 0 Å². The average Bonchev–Trinajstić information content (AvgIpc) is 2.63. The number of nitrogens with one attached hydrogen (secondary N) is 1. The van der Waals surface area contributed by atoms with Crippen molar-refractivity contribution in [3.8, 4) is 0 Å². The van der Waals surface area contributed by atoms with Crippen LogP contribution < -0.4 is 5.43 Å². The van der Waals surface area contributed by atoms with E-state index in [4.69, 9.17) is 0 Å². The Labute approximate surface area is 111 Å². The third-order valence-corrected chi connectivity index (χ3v) is 3.43. The van der Waals surface area contributed by atoms with Crippen molar-refractivity contribution in [2.75, 3.05) is 0 Å². The first-order chi connectivity index (χ1) is 8.93. The van der Waals surface area contributed by atoms with E-state index in [1.807, 2.05) is 13.8 Å². The lowest BCUT2D eigenvalue weighted by Crippen LogP contribution is -2.48. The third-order valence-electron chi connectivity index (χ3n) is 3.43. The number of hydrogen-bond acceptors (Lipinski definition) is 3. The number of fused-ring (bicyclic) bond motifs is 1. The molecule has 1 atom stereocenters. The molecule has 1 heterocycles. The standard InChI is InChI=1S/C14H16N2O3/c1-8(2)9(3)12(17)15-16-13(18)10-6-4-5-7-11(10)14(16)19/h4-9H,1-3H3,(H,15,17). The molecule has 5 nitrogen and oxygen atoms in total. The molecule has 5 heteroatoms. The number of amides is 3. The normalized spacial score (nSPS) is 15.7. The van der Waals surface area contributed by atoms with Crippen LogP contribution in [0.5, 0.6) is 0 Å². The predicted octanol–water partition coefficient (Wildman–Crippen LogP) is 1.61. The summed E-state index contributed by atoms with van der Waals surface area (Å²) in [5, 5.41) is 0.797. The molecular weight excluding hydrogens is 244 g/mol. The molecule has 1 aliphatic heterocycles. The van der Waals surface area contributed by atoms with Gasteiger partial charge >= 0.3 is 0 Å². The summed E-state index contributed by atoms with van der Waals surface area (Å²) in [6.07, 6.45) is 0. The van der Waals surface area contributed by atoms with Crippen molar-refractivity contribution in [1.82, 2.24) is 10.4 Å². The van der Waals surface area contributed by atoms with Gasteiger partial charge in [0.1, 0.15) is 0 Å². The van der Waals surface area contributed by atoms with E-state index in [1.165, 1.54) is 0 Å². The van der Waals surface area contributed by atoms with Crippen molar-refractivity contribution in [3.05, 3.63) is 35.4 Å². The van der Waals surface area contributed by atoms with Crippen LogP contribution in [0.25, 0.3) is 0 Å². The Kier molecular flexibility index (Phi) is 3.38. The number of hydrazine groups is 1. The van der Waals surface area contributed by atoms with Crippen LogP contribution in [0, 0.1) is 11.8 Å². The third kappa shape index (κ3) is 2.23. The van der Waals surface area contributed by atoms with Crippen LogP contribution in [-0.4, -0.2) is 22.7 Å². The summed E-state index contributed by atoms with van der Waals surface area (Å²) in [4.78, 5) is 36.0. The predicted molar refractivity (Wildman–Crippen MR) is 69.1 cm³/mol. The van der Waals surface area contributed by atoms with E-state index >= 15 is 0 Å². The molecular formula is C14H16N2O3. The van der Waals surface area contributed by atoms with Crippen LogP contribution in [0.1, 0.15) is 41.5 Å². The molecule has 0 aliphatic carbocycles. The number of carbonyl (C=O) groups is 3. The SMILES string of the molecule is CC(C)C(C)C(=O)NN1C(=O)c2ccccc2C1=O. The van der Waals surface area contributed by atoms with Crippen molar-refractivity contribution in [2.45, 2.75) is 20.8 Å². The van der Waals surface area contributed by atoms with Crippen molar-refractivity contribution >= 4 is 17.7 Å². The van der Waals surface area contributed by atoms with Crippen molar-refractivity contribution in [2.24, 2.45) is 11.8 Å². The number of nitrogens with zero attached hydrogens (tertiary/aromatic N) is 1. The highest BCUT2D eigenvalue weighted by Crippen LogP contribution is 2.21. The van der Waals surface area contributed by atoms with Gasteiger partial charge in [-0.2, -0.15) is 5.01 Å². The summed E-state index contributed by atoms with van der Waals surface area (Å²) in [6, 6.07) is 6.53. The minimum atomic E-state index is -0.482. The fourth-order valence-corrected chi connectivity index (χ4v) is 1.81. The van der Waals surface area contributed by atoms with E-state index < -0.39 is 11.8 Å². The monoisotopic (exact) mass is 260 g/mol. The molecule has 0 fully saturated rings. The Hall–Kier alpha value is -2.17. The summed E-state index contributed by atoms with van der Waals surface area (Å²) < 4.78 is 0. The quantitative estimate of drug-likeness (QED) is 0.839. The second-order valence-corrected chi connectivity index (χ2v) is 5.00. The van der Waals surface area contributed by atoms with E-state index in [-0.39, 0.29) is 17.7 Å². The first kappa shape index (κ1) is 13.3. The fraction of sp³-hybridized carbons (Fsp3) is 0.357. The number of benzene rings is 1. The molecule has 0 spiro atoms. The molecule has 0 saturated heterocycles. The zero-order chi connectivity index (χ0) is 14.2. The van der Waals surface area contributed by atoms with Crippen molar-refractivity contribution < 1.29 is 14.4 Å². The second-order valence-electron chi connectivity index (χ2n) is 5.00. The zero-order valence-corrected chi connectivity index (χ0v) is 11.1. The van der Waals surface area contributed by atoms with Gasteiger partial charge in [-0.15, -0.1) is 0 Å². The summed E-state index contributed by atoms with van der Waals surface area (Å²) in [5.41, 5.74) is 3.05. The lowest BCUT2D eigenvalue weighted by atomic mass is 9.98. The van der Waals surface area contributed by atoms with Crippen molar-refractivity contribution in [1.29, 1.82) is 0 Å². The summed E-state index contributed by atoms with van der Waals surface area (Å²) in [5.74, 6) is -1.43. The zero-order valence-electron chi connectivity index (χ0n) is 11.1. The van der Waals surface area contributed by atoms with Gasteiger partial charge < -0.3 is 0 Å². The summed E-state index contributed by atoms with van der Waals surface area (Å²) in [6.45, 7) is 5.58. The molecule has 0 saturated carbocycles. The van der Waals surface area contributed by atoms with E-state index in [0.29, 0.717) is 11.1 Å². The Bertz CT molecular complexity index is 516. The van der Waals surface area contributed by atoms with Gasteiger partial charge in [-0.25, -0.2) is 0 Å². The minimum Gasteiger partial charge on any atom is -0.273 e. The minimum absolute atomic E-state index is 0.134. The Balaban J connectivity index is 2.19. The van der Waals surface area contributed by atoms with Crippen LogP contribution in [0.15, 0.2) is 24.3 Å². The maximum absolute atomic E-state index is 12.0. The van der Waals surface area contributed by atoms with Gasteiger partial charge in [0.15, 0.2) is 0 Å². The van der Waals surface area contributed by atoms with Gasteiger partial charge in [-0.1, -0.05) is 32.9 Å².